The summed E-state index contributed by atoms with van der Waals surface area (Å²) in [6.07, 6.45) is 0.305. The standard InChI is InChI=1S/C18H15ClF2N2O2/c1-10-2-3-11(19)8-16(10)23-7-6-13(18(23)25)17(24)22-15-5-4-12(20)9-14(15)21/h2-5,8-9,13H,6-7H2,1H3,(H,22,24)/t13-/m1/s1. The molecule has 0 spiro atoms. The van der Waals surface area contributed by atoms with Gasteiger partial charge in [-0.3, -0.25) is 9.59 Å². The molecule has 1 aliphatic heterocycles. The van der Waals surface area contributed by atoms with Crippen LogP contribution >= 0.6 is 11.6 Å². The molecule has 1 saturated heterocycles. The molecule has 1 aliphatic rings. The molecule has 1 fully saturated rings. The van der Waals surface area contributed by atoms with Crippen LogP contribution in [0.1, 0.15) is 12.0 Å². The van der Waals surface area contributed by atoms with Crippen LogP contribution in [-0.2, 0) is 9.59 Å². The average molecular weight is 365 g/mol. The summed E-state index contributed by atoms with van der Waals surface area (Å²) in [6.45, 7) is 2.21. The maximum atomic E-state index is 13.7. The minimum Gasteiger partial charge on any atom is -0.323 e. The number of carbonyl (C=O) groups excluding carboxylic acids is 2. The van der Waals surface area contributed by atoms with E-state index >= 15 is 0 Å². The van der Waals surface area contributed by atoms with Gasteiger partial charge in [0, 0.05) is 23.3 Å². The highest BCUT2D eigenvalue weighted by Gasteiger charge is 2.38. The number of halogens is 3. The second-order valence-corrected chi connectivity index (χ2v) is 6.31. The van der Waals surface area contributed by atoms with Crippen LogP contribution in [0, 0.1) is 24.5 Å². The second-order valence-electron chi connectivity index (χ2n) is 5.88. The topological polar surface area (TPSA) is 49.4 Å². The van der Waals surface area contributed by atoms with Crippen molar-refractivity contribution in [2.24, 2.45) is 5.92 Å². The van der Waals surface area contributed by atoms with Gasteiger partial charge in [0.1, 0.15) is 17.6 Å². The largest absolute Gasteiger partial charge is 0.323 e. The van der Waals surface area contributed by atoms with Crippen LogP contribution in [-0.4, -0.2) is 18.4 Å². The molecular formula is C18H15ClF2N2O2. The monoisotopic (exact) mass is 364 g/mol. The maximum absolute atomic E-state index is 13.7. The number of anilines is 2. The third-order valence-corrected chi connectivity index (χ3v) is 4.41. The van der Waals surface area contributed by atoms with Gasteiger partial charge in [-0.25, -0.2) is 8.78 Å². The summed E-state index contributed by atoms with van der Waals surface area (Å²) in [5, 5.41) is 2.85. The number of hydrogen-bond acceptors (Lipinski definition) is 2. The van der Waals surface area contributed by atoms with Crippen LogP contribution in [0.3, 0.4) is 0 Å². The highest BCUT2D eigenvalue weighted by Crippen LogP contribution is 2.31. The molecule has 0 unspecified atom stereocenters. The van der Waals surface area contributed by atoms with Gasteiger partial charge in [-0.2, -0.15) is 0 Å². The minimum atomic E-state index is -0.928. The van der Waals surface area contributed by atoms with Crippen molar-refractivity contribution in [3.8, 4) is 0 Å². The number of carbonyl (C=O) groups is 2. The zero-order chi connectivity index (χ0) is 18.1. The van der Waals surface area contributed by atoms with Gasteiger partial charge in [0.15, 0.2) is 0 Å². The van der Waals surface area contributed by atoms with Crippen molar-refractivity contribution in [2.45, 2.75) is 13.3 Å². The number of nitrogens with zero attached hydrogens (tertiary/aromatic N) is 1. The van der Waals surface area contributed by atoms with Gasteiger partial charge in [0.2, 0.25) is 11.8 Å². The average Bonchev–Trinajstić information content (AvgIpc) is 2.94. The molecule has 1 heterocycles. The number of amides is 2. The van der Waals surface area contributed by atoms with Gasteiger partial charge in [-0.15, -0.1) is 0 Å². The molecule has 0 radical (unpaired) electrons. The lowest BCUT2D eigenvalue weighted by Crippen LogP contribution is -2.33. The van der Waals surface area contributed by atoms with E-state index in [0.29, 0.717) is 29.7 Å². The van der Waals surface area contributed by atoms with Gasteiger partial charge >= 0.3 is 0 Å². The van der Waals surface area contributed by atoms with E-state index < -0.39 is 23.5 Å². The van der Waals surface area contributed by atoms with Crippen LogP contribution < -0.4 is 10.2 Å². The van der Waals surface area contributed by atoms with E-state index in [9.17, 15) is 18.4 Å². The van der Waals surface area contributed by atoms with E-state index in [-0.39, 0.29) is 11.6 Å². The summed E-state index contributed by atoms with van der Waals surface area (Å²) >= 11 is 5.99. The van der Waals surface area contributed by atoms with Crippen LogP contribution in [0.4, 0.5) is 20.2 Å². The Hall–Kier alpha value is -2.47. The maximum Gasteiger partial charge on any atom is 0.239 e. The highest BCUT2D eigenvalue weighted by molar-refractivity contribution is 6.31. The van der Waals surface area contributed by atoms with Gasteiger partial charge in [-0.05, 0) is 43.2 Å². The van der Waals surface area contributed by atoms with Gasteiger partial charge in [0.25, 0.3) is 0 Å². The number of rotatable bonds is 3. The molecule has 25 heavy (non-hydrogen) atoms. The lowest BCUT2D eigenvalue weighted by molar-refractivity contribution is -0.129. The lowest BCUT2D eigenvalue weighted by Gasteiger charge is -2.19. The molecular weight excluding hydrogens is 350 g/mol. The number of hydrogen-bond donors (Lipinski definition) is 1. The van der Waals surface area contributed by atoms with E-state index in [0.717, 1.165) is 17.7 Å². The van der Waals surface area contributed by atoms with Crippen molar-refractivity contribution < 1.29 is 18.4 Å². The zero-order valence-electron chi connectivity index (χ0n) is 13.4. The first-order valence-corrected chi connectivity index (χ1v) is 8.08. The Balaban J connectivity index is 1.77. The molecule has 0 saturated carbocycles. The second kappa shape index (κ2) is 6.80. The summed E-state index contributed by atoms with van der Waals surface area (Å²) in [5.74, 6) is -3.54. The Morgan fingerprint density at radius 1 is 1.24 bits per heavy atom. The summed E-state index contributed by atoms with van der Waals surface area (Å²) in [6, 6.07) is 8.04. The third-order valence-electron chi connectivity index (χ3n) is 4.17. The first-order valence-electron chi connectivity index (χ1n) is 7.70. The van der Waals surface area contributed by atoms with E-state index in [4.69, 9.17) is 11.6 Å². The molecule has 0 aliphatic carbocycles. The van der Waals surface area contributed by atoms with Crippen molar-refractivity contribution in [3.05, 3.63) is 58.6 Å². The molecule has 2 amide bonds. The van der Waals surface area contributed by atoms with Crippen molar-refractivity contribution in [2.75, 3.05) is 16.8 Å². The summed E-state index contributed by atoms with van der Waals surface area (Å²) in [7, 11) is 0. The first kappa shape index (κ1) is 17.4. The van der Waals surface area contributed by atoms with Crippen molar-refractivity contribution in [3.63, 3.8) is 0 Å². The van der Waals surface area contributed by atoms with Gasteiger partial charge in [-0.1, -0.05) is 17.7 Å². The fourth-order valence-corrected chi connectivity index (χ4v) is 3.01. The molecule has 3 rings (SSSR count). The van der Waals surface area contributed by atoms with Crippen molar-refractivity contribution >= 4 is 34.8 Å². The van der Waals surface area contributed by atoms with Crippen molar-refractivity contribution in [1.29, 1.82) is 0 Å². The molecule has 0 aromatic heterocycles. The van der Waals surface area contributed by atoms with Crippen LogP contribution in [0.25, 0.3) is 0 Å². The first-order chi connectivity index (χ1) is 11.9. The number of nitrogens with one attached hydrogen (secondary N) is 1. The Bertz CT molecular complexity index is 857. The Kier molecular flexibility index (Phi) is 4.72. The Labute approximate surface area is 148 Å². The van der Waals surface area contributed by atoms with E-state index in [1.807, 2.05) is 6.92 Å². The fraction of sp³-hybridized carbons (Fsp3) is 0.222. The fourth-order valence-electron chi connectivity index (χ4n) is 2.85. The smallest absolute Gasteiger partial charge is 0.239 e. The molecule has 2 aromatic carbocycles. The zero-order valence-corrected chi connectivity index (χ0v) is 14.1. The van der Waals surface area contributed by atoms with E-state index in [1.165, 1.54) is 4.90 Å². The lowest BCUT2D eigenvalue weighted by atomic mass is 10.1. The molecule has 0 bridgehead atoms. The number of benzene rings is 2. The van der Waals surface area contributed by atoms with Gasteiger partial charge in [0.05, 0.1) is 5.69 Å². The minimum absolute atomic E-state index is 0.156. The molecule has 7 heteroatoms. The predicted molar refractivity (Wildman–Crippen MR) is 91.6 cm³/mol. The summed E-state index contributed by atoms with van der Waals surface area (Å²) in [5.41, 5.74) is 1.36. The van der Waals surface area contributed by atoms with Crippen LogP contribution in [0.5, 0.6) is 0 Å². The Morgan fingerprint density at radius 3 is 2.72 bits per heavy atom. The normalized spacial score (nSPS) is 17.0. The van der Waals surface area contributed by atoms with E-state index in [1.54, 1.807) is 18.2 Å². The highest BCUT2D eigenvalue weighted by atomic mass is 35.5. The van der Waals surface area contributed by atoms with Gasteiger partial charge < -0.3 is 10.2 Å². The quantitative estimate of drug-likeness (QED) is 0.839. The Morgan fingerprint density at radius 2 is 2.00 bits per heavy atom. The third kappa shape index (κ3) is 3.49. The van der Waals surface area contributed by atoms with Crippen LogP contribution in [0.15, 0.2) is 36.4 Å². The SMILES string of the molecule is Cc1ccc(Cl)cc1N1CC[C@H](C(=O)Nc2ccc(F)cc2F)C1=O. The van der Waals surface area contributed by atoms with Crippen molar-refractivity contribution in [1.82, 2.24) is 0 Å². The predicted octanol–water partition coefficient (Wildman–Crippen LogP) is 3.92. The van der Waals surface area contributed by atoms with E-state index in [2.05, 4.69) is 5.32 Å². The number of aryl methyl sites for hydroxylation is 1. The summed E-state index contributed by atoms with van der Waals surface area (Å²) < 4.78 is 26.6. The molecule has 1 atom stereocenters. The molecule has 130 valence electrons. The van der Waals surface area contributed by atoms with Crippen LogP contribution in [0.2, 0.25) is 5.02 Å². The summed E-state index contributed by atoms with van der Waals surface area (Å²) in [4.78, 5) is 26.5. The molecule has 2 aromatic rings. The molecule has 1 N–H and O–H groups in total. The molecule has 4 nitrogen and oxygen atoms in total.